The zero-order valence-electron chi connectivity index (χ0n) is 18.6. The molecular formula is C24H28ClN3O4S. The highest BCUT2D eigenvalue weighted by Gasteiger charge is 2.16. The number of anilines is 1. The molecule has 176 valence electrons. The number of hydroxylamine groups is 1. The summed E-state index contributed by atoms with van der Waals surface area (Å²) in [5.74, 6) is -1.44. The van der Waals surface area contributed by atoms with Gasteiger partial charge in [-0.15, -0.1) is 0 Å². The summed E-state index contributed by atoms with van der Waals surface area (Å²) in [6, 6.07) is 16.7. The Labute approximate surface area is 202 Å². The van der Waals surface area contributed by atoms with E-state index < -0.39 is 5.97 Å². The zero-order chi connectivity index (χ0) is 24.1. The van der Waals surface area contributed by atoms with E-state index in [4.69, 9.17) is 21.5 Å². The average molecular weight is 490 g/mol. The fraction of sp³-hybridized carbons (Fsp3) is 0.292. The molecule has 3 N–H and O–H groups in total. The number of benzene rings is 2. The highest BCUT2D eigenvalue weighted by atomic mass is 35.5. The number of aryl methyl sites for hydroxylation is 1. The van der Waals surface area contributed by atoms with Gasteiger partial charge < -0.3 is 9.94 Å². The number of carboxylic acids is 1. The lowest BCUT2D eigenvalue weighted by Crippen LogP contribution is -2.14. The highest BCUT2D eigenvalue weighted by Crippen LogP contribution is 2.23. The number of carboxylic acid groups (broad SMARTS) is 1. The van der Waals surface area contributed by atoms with Gasteiger partial charge in [0.05, 0.1) is 12.3 Å². The van der Waals surface area contributed by atoms with Crippen LogP contribution >= 0.6 is 22.9 Å². The monoisotopic (exact) mass is 489 g/mol. The Bertz CT molecular complexity index is 1030. The predicted molar refractivity (Wildman–Crippen MR) is 132 cm³/mol. The second kappa shape index (κ2) is 14.4. The molecule has 0 aliphatic rings. The number of hydrogen-bond donors (Lipinski definition) is 3. The molecule has 0 radical (unpaired) electrons. The minimum Gasteiger partial charge on any atom is -0.477 e. The summed E-state index contributed by atoms with van der Waals surface area (Å²) in [5, 5.41) is 12.2. The quantitative estimate of drug-likeness (QED) is 0.240. The molecule has 0 saturated carbocycles. The molecule has 0 aliphatic carbocycles. The Kier molecular flexibility index (Phi) is 11.5. The molecule has 3 aromatic rings. The van der Waals surface area contributed by atoms with Crippen molar-refractivity contribution in [1.82, 2.24) is 10.5 Å². The summed E-state index contributed by atoms with van der Waals surface area (Å²) in [6.07, 6.45) is 3.62. The van der Waals surface area contributed by atoms with Crippen molar-refractivity contribution in [3.05, 3.63) is 81.3 Å². The third-order valence-corrected chi connectivity index (χ3v) is 5.67. The molecule has 0 fully saturated rings. The number of nitrogens with one attached hydrogen (secondary N) is 2. The third kappa shape index (κ3) is 9.71. The van der Waals surface area contributed by atoms with Crippen LogP contribution in [0.1, 0.15) is 57.5 Å². The first kappa shape index (κ1) is 26.5. The van der Waals surface area contributed by atoms with Crippen molar-refractivity contribution in [1.29, 1.82) is 0 Å². The van der Waals surface area contributed by atoms with Gasteiger partial charge in [0.1, 0.15) is 4.88 Å². The van der Waals surface area contributed by atoms with Gasteiger partial charge in [0.2, 0.25) is 0 Å². The van der Waals surface area contributed by atoms with Gasteiger partial charge in [0.25, 0.3) is 5.91 Å². The molecule has 0 spiro atoms. The smallest absolute Gasteiger partial charge is 0.347 e. The summed E-state index contributed by atoms with van der Waals surface area (Å²) in [5.41, 5.74) is 4.97. The minimum absolute atomic E-state index is 0.112. The van der Waals surface area contributed by atoms with Crippen molar-refractivity contribution in [3.63, 3.8) is 0 Å². The molecule has 0 atom stereocenters. The van der Waals surface area contributed by atoms with Gasteiger partial charge in [0, 0.05) is 17.1 Å². The Morgan fingerprint density at radius 1 is 1.12 bits per heavy atom. The van der Waals surface area contributed by atoms with E-state index in [0.717, 1.165) is 30.9 Å². The number of unbranched alkanes of at least 4 members (excludes halogenated alkanes) is 2. The fourth-order valence-electron chi connectivity index (χ4n) is 2.67. The molecule has 2 aromatic carbocycles. The van der Waals surface area contributed by atoms with Crippen LogP contribution in [0.25, 0.3) is 0 Å². The molecule has 3 rings (SSSR count). The Morgan fingerprint density at radius 2 is 1.88 bits per heavy atom. The van der Waals surface area contributed by atoms with Crippen LogP contribution in [0.15, 0.2) is 54.6 Å². The number of aromatic carboxylic acids is 1. The van der Waals surface area contributed by atoms with E-state index in [1.54, 1.807) is 25.1 Å². The largest absolute Gasteiger partial charge is 0.477 e. The molecule has 1 heterocycles. The number of amides is 1. The number of rotatable bonds is 10. The Balaban J connectivity index is 0.000000245. The van der Waals surface area contributed by atoms with Gasteiger partial charge in [-0.05, 0) is 37.1 Å². The first-order valence-corrected chi connectivity index (χ1v) is 11.8. The van der Waals surface area contributed by atoms with Crippen LogP contribution < -0.4 is 10.8 Å². The topological polar surface area (TPSA) is 101 Å². The van der Waals surface area contributed by atoms with E-state index in [1.807, 2.05) is 18.2 Å². The molecule has 7 nitrogen and oxygen atoms in total. The fourth-order valence-corrected chi connectivity index (χ4v) is 3.66. The van der Waals surface area contributed by atoms with Crippen LogP contribution in [-0.2, 0) is 11.4 Å². The maximum Gasteiger partial charge on any atom is 0.347 e. The number of carbonyl (C=O) groups excluding carboxylic acids is 1. The summed E-state index contributed by atoms with van der Waals surface area (Å²) < 4.78 is 0. The number of thiazole rings is 1. The van der Waals surface area contributed by atoms with Crippen molar-refractivity contribution in [3.8, 4) is 0 Å². The Hall–Kier alpha value is -2.78. The predicted octanol–water partition coefficient (Wildman–Crippen LogP) is 5.95. The van der Waals surface area contributed by atoms with E-state index >= 15 is 0 Å². The van der Waals surface area contributed by atoms with Crippen LogP contribution in [0, 0.1) is 6.92 Å². The second-order valence-electron chi connectivity index (χ2n) is 7.07. The molecule has 1 aromatic heterocycles. The van der Waals surface area contributed by atoms with E-state index in [0.29, 0.717) is 16.3 Å². The minimum atomic E-state index is -1.06. The van der Waals surface area contributed by atoms with Gasteiger partial charge in [-0.1, -0.05) is 79.1 Å². The lowest BCUT2D eigenvalue weighted by Gasteiger charge is -2.05. The number of carbonyl (C=O) groups is 2. The summed E-state index contributed by atoms with van der Waals surface area (Å²) in [6.45, 7) is 5.36. The van der Waals surface area contributed by atoms with Gasteiger partial charge in [-0.25, -0.2) is 9.78 Å². The lowest BCUT2D eigenvalue weighted by atomic mass is 10.2. The SMILES string of the molecule is CCCCCONCc1ccccc1.Cc1nc(NC(=O)c2cccc(Cl)c2)sc1C(=O)O. The summed E-state index contributed by atoms with van der Waals surface area (Å²) in [4.78, 5) is 32.2. The number of hydrogen-bond acceptors (Lipinski definition) is 6. The maximum atomic E-state index is 11.9. The summed E-state index contributed by atoms with van der Waals surface area (Å²) >= 11 is 6.71. The number of aromatic nitrogens is 1. The highest BCUT2D eigenvalue weighted by molar-refractivity contribution is 7.17. The zero-order valence-corrected chi connectivity index (χ0v) is 20.2. The van der Waals surface area contributed by atoms with E-state index in [9.17, 15) is 9.59 Å². The van der Waals surface area contributed by atoms with E-state index in [-0.39, 0.29) is 15.9 Å². The molecule has 33 heavy (non-hydrogen) atoms. The van der Waals surface area contributed by atoms with Gasteiger partial charge in [-0.2, -0.15) is 5.48 Å². The average Bonchev–Trinajstić information content (AvgIpc) is 3.17. The maximum absolute atomic E-state index is 11.9. The van der Waals surface area contributed by atoms with Crippen molar-refractivity contribution >= 4 is 39.9 Å². The van der Waals surface area contributed by atoms with Crippen molar-refractivity contribution in [2.75, 3.05) is 11.9 Å². The molecule has 1 amide bonds. The van der Waals surface area contributed by atoms with Crippen LogP contribution in [0.2, 0.25) is 5.02 Å². The van der Waals surface area contributed by atoms with E-state index in [1.165, 1.54) is 24.5 Å². The van der Waals surface area contributed by atoms with Gasteiger partial charge in [0.15, 0.2) is 5.13 Å². The normalized spacial score (nSPS) is 10.3. The van der Waals surface area contributed by atoms with Crippen molar-refractivity contribution < 1.29 is 19.5 Å². The molecule has 0 unspecified atom stereocenters. The van der Waals surface area contributed by atoms with Crippen LogP contribution in [0.3, 0.4) is 0 Å². The number of nitrogens with zero attached hydrogens (tertiary/aromatic N) is 1. The van der Waals surface area contributed by atoms with Crippen LogP contribution in [0.4, 0.5) is 5.13 Å². The van der Waals surface area contributed by atoms with Crippen molar-refractivity contribution in [2.24, 2.45) is 0 Å². The first-order valence-electron chi connectivity index (χ1n) is 10.6. The van der Waals surface area contributed by atoms with Crippen molar-refractivity contribution in [2.45, 2.75) is 39.7 Å². The second-order valence-corrected chi connectivity index (χ2v) is 8.50. The van der Waals surface area contributed by atoms with E-state index in [2.05, 4.69) is 34.8 Å². The van der Waals surface area contributed by atoms with Crippen LogP contribution in [-0.4, -0.2) is 28.6 Å². The Morgan fingerprint density at radius 3 is 2.52 bits per heavy atom. The third-order valence-electron chi connectivity index (χ3n) is 4.37. The number of halogens is 1. The lowest BCUT2D eigenvalue weighted by molar-refractivity contribution is 0.0342. The van der Waals surface area contributed by atoms with Gasteiger partial charge >= 0.3 is 5.97 Å². The molecule has 0 saturated heterocycles. The van der Waals surface area contributed by atoms with Crippen LogP contribution in [0.5, 0.6) is 0 Å². The first-order chi connectivity index (χ1) is 15.9. The van der Waals surface area contributed by atoms with Gasteiger partial charge in [-0.3, -0.25) is 10.1 Å². The molecular weight excluding hydrogens is 462 g/mol. The summed E-state index contributed by atoms with van der Waals surface area (Å²) in [7, 11) is 0. The molecule has 9 heteroatoms. The molecule has 0 aliphatic heterocycles. The molecule has 0 bridgehead atoms. The standard InChI is InChI=1S/C12H9ClN2O3S.C12H19NO/c1-6-9(11(17)18)19-12(14-6)15-10(16)7-3-2-4-8(13)5-7;1-2-3-7-10-14-13-11-12-8-5-4-6-9-12/h2-5H,1H3,(H,17,18)(H,14,15,16);4-6,8-9,13H,2-3,7,10-11H2,1H3.